The molecule has 4 N–H and O–H groups in total. The van der Waals surface area contributed by atoms with Crippen LogP contribution < -0.4 is 21.3 Å². The molecule has 11 aliphatic heterocycles. The highest BCUT2D eigenvalue weighted by atomic mass is 16.2. The molecule has 58 heavy (non-hydrogen) atoms. The maximum atomic E-state index is 13.9. The lowest BCUT2D eigenvalue weighted by Crippen LogP contribution is -2.57. The van der Waals surface area contributed by atoms with Crippen LogP contribution >= 0.6 is 0 Å². The van der Waals surface area contributed by atoms with Crippen molar-refractivity contribution in [1.82, 2.24) is 31.1 Å². The van der Waals surface area contributed by atoms with E-state index in [2.05, 4.69) is 21.3 Å². The molecule has 11 heterocycles. The van der Waals surface area contributed by atoms with Gasteiger partial charge in [-0.15, -0.1) is 0 Å². The average Bonchev–Trinajstić information content (AvgIpc) is 3.19. The van der Waals surface area contributed by atoms with E-state index in [-0.39, 0.29) is 76.5 Å². The Morgan fingerprint density at radius 1 is 0.552 bits per heavy atom. The van der Waals surface area contributed by atoms with E-state index in [1.165, 1.54) is 36.4 Å². The Balaban J connectivity index is 1.23. The average molecular weight is 785 g/mol. The molecule has 0 aliphatic carbocycles. The van der Waals surface area contributed by atoms with Crippen LogP contribution in [0.4, 0.5) is 0 Å². The largest absolute Gasteiger partial charge is 0.350 e. The van der Waals surface area contributed by atoms with Crippen LogP contribution in [-0.4, -0.2) is 75.2 Å². The summed E-state index contributed by atoms with van der Waals surface area (Å²) < 4.78 is 0. The van der Waals surface area contributed by atoms with Gasteiger partial charge in [0.25, 0.3) is 29.5 Å². The fraction of sp³-hybridized carbons (Fsp3) is 0.318. The summed E-state index contributed by atoms with van der Waals surface area (Å²) in [6.45, 7) is 8.83. The third kappa shape index (κ3) is 7.44. The minimum Gasteiger partial charge on any atom is -0.350 e. The fourth-order valence-electron chi connectivity index (χ4n) is 7.60. The predicted octanol–water partition coefficient (Wildman–Crippen LogP) is 3.85. The van der Waals surface area contributed by atoms with Gasteiger partial charge in [0.15, 0.2) is 0 Å². The van der Waals surface area contributed by atoms with Crippen LogP contribution in [0.15, 0.2) is 72.8 Å². The third-order valence-electron chi connectivity index (χ3n) is 10.8. The number of nitrogens with zero attached hydrogens (tertiary/aromatic N) is 2. The van der Waals surface area contributed by atoms with Crippen molar-refractivity contribution in [3.8, 4) is 0 Å². The van der Waals surface area contributed by atoms with E-state index in [4.69, 9.17) is 0 Å². The molecule has 4 aromatic carbocycles. The van der Waals surface area contributed by atoms with Gasteiger partial charge in [-0.3, -0.25) is 48.2 Å². The molecule has 14 heteroatoms. The zero-order valence-electron chi connectivity index (χ0n) is 32.8. The molecule has 4 aromatic rings. The maximum absolute atomic E-state index is 13.9. The zero-order chi connectivity index (χ0) is 41.6. The van der Waals surface area contributed by atoms with Crippen molar-refractivity contribution in [2.75, 3.05) is 0 Å². The molecule has 0 fully saturated rings. The van der Waals surface area contributed by atoms with E-state index >= 15 is 0 Å². The van der Waals surface area contributed by atoms with Crippen LogP contribution in [0.3, 0.4) is 0 Å². The summed E-state index contributed by atoms with van der Waals surface area (Å²) in [6.07, 6.45) is 0.275. The van der Waals surface area contributed by atoms with E-state index in [0.29, 0.717) is 11.1 Å². The van der Waals surface area contributed by atoms with Crippen LogP contribution in [0.25, 0.3) is 10.8 Å². The van der Waals surface area contributed by atoms with Crippen LogP contribution in [0.1, 0.15) is 110 Å². The molecule has 0 saturated heterocycles. The number of imide groups is 2. The van der Waals surface area contributed by atoms with Crippen molar-refractivity contribution in [3.63, 3.8) is 0 Å². The first kappa shape index (κ1) is 39.5. The Bertz CT molecular complexity index is 2330. The van der Waals surface area contributed by atoms with Crippen molar-refractivity contribution in [3.05, 3.63) is 117 Å². The molecule has 15 rings (SSSR count). The topological polar surface area (TPSA) is 191 Å². The van der Waals surface area contributed by atoms with Crippen LogP contribution in [0.5, 0.6) is 0 Å². The van der Waals surface area contributed by atoms with Gasteiger partial charge in [-0.25, -0.2) is 0 Å². The number of carbonyl (C=O) groups excluding carboxylic acids is 8. The first-order chi connectivity index (χ1) is 27.6. The summed E-state index contributed by atoms with van der Waals surface area (Å²) in [5.74, 6) is -4.78. The minimum atomic E-state index is -1.01. The summed E-state index contributed by atoms with van der Waals surface area (Å²) in [7, 11) is 0. The van der Waals surface area contributed by atoms with Gasteiger partial charge in [0.1, 0.15) is 18.1 Å². The summed E-state index contributed by atoms with van der Waals surface area (Å²) in [5, 5.41) is 11.6. The lowest BCUT2D eigenvalue weighted by molar-refractivity contribution is -0.133. The van der Waals surface area contributed by atoms with Gasteiger partial charge < -0.3 is 21.3 Å². The highest BCUT2D eigenvalue weighted by Gasteiger charge is 2.40. The lowest BCUT2D eigenvalue weighted by atomic mass is 9.85. The Morgan fingerprint density at radius 2 is 1.00 bits per heavy atom. The van der Waals surface area contributed by atoms with Gasteiger partial charge >= 0.3 is 0 Å². The monoisotopic (exact) mass is 784 g/mol. The molecule has 0 saturated carbocycles. The molecule has 0 unspecified atom stereocenters. The molecule has 3 atom stereocenters. The first-order valence-electron chi connectivity index (χ1n) is 19.3. The fourth-order valence-corrected chi connectivity index (χ4v) is 7.60. The molecule has 11 aliphatic rings. The number of benzene rings is 4. The van der Waals surface area contributed by atoms with Crippen LogP contribution in [0, 0.1) is 11.8 Å². The Morgan fingerprint density at radius 3 is 1.45 bits per heavy atom. The van der Waals surface area contributed by atoms with E-state index in [0.717, 1.165) is 15.4 Å². The highest BCUT2D eigenvalue weighted by Crippen LogP contribution is 2.38. The second-order valence-corrected chi connectivity index (χ2v) is 15.8. The second kappa shape index (κ2) is 15.7. The van der Waals surface area contributed by atoms with Gasteiger partial charge in [-0.1, -0.05) is 64.1 Å². The van der Waals surface area contributed by atoms with Gasteiger partial charge in [0, 0.05) is 45.1 Å². The third-order valence-corrected chi connectivity index (χ3v) is 10.8. The molecular weight excluding hydrogens is 741 g/mol. The number of amides is 8. The van der Waals surface area contributed by atoms with E-state index in [1.807, 2.05) is 13.8 Å². The van der Waals surface area contributed by atoms with Crippen molar-refractivity contribution < 1.29 is 38.4 Å². The molecule has 0 aromatic heterocycles. The maximum Gasteiger partial charge on any atom is 0.261 e. The highest BCUT2D eigenvalue weighted by molar-refractivity contribution is 6.33. The van der Waals surface area contributed by atoms with Gasteiger partial charge in [0.05, 0.1) is 13.1 Å². The van der Waals surface area contributed by atoms with E-state index in [9.17, 15) is 38.4 Å². The number of fused-ring (bicyclic) bond motifs is 1. The predicted molar refractivity (Wildman–Crippen MR) is 212 cm³/mol. The second-order valence-electron chi connectivity index (χ2n) is 15.8. The molecule has 0 radical (unpaired) electrons. The summed E-state index contributed by atoms with van der Waals surface area (Å²) in [5.41, 5.74) is 2.91. The minimum absolute atomic E-state index is 0.00202. The molecular formula is C44H44N6O8. The smallest absolute Gasteiger partial charge is 0.261 e. The Labute approximate surface area is 334 Å². The first-order valence-corrected chi connectivity index (χ1v) is 19.3. The quantitative estimate of drug-likeness (QED) is 0.225. The number of hydrogen-bond donors (Lipinski definition) is 4. The zero-order valence-corrected chi connectivity index (χ0v) is 32.8. The van der Waals surface area contributed by atoms with Crippen molar-refractivity contribution >= 4 is 58.0 Å². The summed E-state index contributed by atoms with van der Waals surface area (Å²) in [6, 6.07) is 16.3. The standard InChI is InChI=1S/C44H44N6O8/c1-22(2)18-33-39(53)46-24(5)37(51)45-19-25-6-8-26(9-7-25)20-49-41(55)29-14-16-31-35-32(17-15-30(34(29)35)42(49)56)44(58)50(43(31)57)21-27-10-12-28(13-11-27)38(52)48-36(23(3)4)40(54)47-33/h6-17,22-24,33,36H,18-21H2,1-5H3,(H,45,51)(H,46,53)(H,47,54)(H,48,52)/t24-,33+,36-/m0/s1. The lowest BCUT2D eigenvalue weighted by Gasteiger charge is -2.32. The number of carbonyl (C=O) groups is 8. The summed E-state index contributed by atoms with van der Waals surface area (Å²) in [4.78, 5) is 112. The Kier molecular flexibility index (Phi) is 10.7. The normalized spacial score (nSPS) is 20.6. The molecule has 12 bridgehead atoms. The Hall–Kier alpha value is -6.70. The number of rotatable bonds is 3. The van der Waals surface area contributed by atoms with Crippen molar-refractivity contribution in [2.24, 2.45) is 11.8 Å². The van der Waals surface area contributed by atoms with Crippen molar-refractivity contribution in [1.29, 1.82) is 0 Å². The number of nitrogens with one attached hydrogen (secondary N) is 4. The van der Waals surface area contributed by atoms with Crippen molar-refractivity contribution in [2.45, 2.75) is 78.8 Å². The van der Waals surface area contributed by atoms with Gasteiger partial charge in [-0.05, 0) is 78.3 Å². The number of hydrogen-bond acceptors (Lipinski definition) is 8. The van der Waals surface area contributed by atoms with Gasteiger partial charge in [-0.2, -0.15) is 0 Å². The summed E-state index contributed by atoms with van der Waals surface area (Å²) >= 11 is 0. The van der Waals surface area contributed by atoms with E-state index in [1.54, 1.807) is 57.2 Å². The molecule has 298 valence electrons. The van der Waals surface area contributed by atoms with Crippen LogP contribution in [0.2, 0.25) is 0 Å². The molecule has 14 nitrogen and oxygen atoms in total. The van der Waals surface area contributed by atoms with E-state index < -0.39 is 65.4 Å². The van der Waals surface area contributed by atoms with Crippen LogP contribution in [-0.2, 0) is 34.0 Å². The molecule has 8 amide bonds. The van der Waals surface area contributed by atoms with Gasteiger partial charge in [0.2, 0.25) is 17.7 Å². The SMILES string of the molecule is CC(C)C[C@H]1NC(=O)[C@H](C(C)C)NC(=O)c2ccc(cc2)CN2C(=O)c3ccc4c5c(ccc(c35)C2=O)C(=O)N(Cc2ccc(cc2)CNC(=O)[C@H](C)NC1=O)C4=O. The molecule has 0 spiro atoms.